The predicted molar refractivity (Wildman–Crippen MR) is 56.0 cm³/mol. The van der Waals surface area contributed by atoms with E-state index < -0.39 is 0 Å². The molecule has 0 fully saturated rings. The maximum absolute atomic E-state index is 10.8. The molecule has 0 bridgehead atoms. The summed E-state index contributed by atoms with van der Waals surface area (Å²) >= 11 is 0. The highest BCUT2D eigenvalue weighted by Crippen LogP contribution is 2.08. The standard InChI is InChI=1S/C10H15N3O2/c1-8-4-5-9(7-12-8)15-6-2-3-10(14)13-11/h4-5,7H,2-3,6,11H2,1H3,(H,13,14). The molecule has 0 spiro atoms. The molecule has 5 nitrogen and oxygen atoms in total. The van der Waals surface area contributed by atoms with Crippen molar-refractivity contribution in [1.29, 1.82) is 0 Å². The van der Waals surface area contributed by atoms with E-state index in [4.69, 9.17) is 10.6 Å². The summed E-state index contributed by atoms with van der Waals surface area (Å²) in [6, 6.07) is 3.73. The minimum Gasteiger partial charge on any atom is -0.492 e. The molecule has 1 amide bonds. The molecule has 0 aliphatic rings. The number of hydrazine groups is 1. The number of aryl methyl sites for hydroxylation is 1. The Kier molecular flexibility index (Phi) is 4.56. The van der Waals surface area contributed by atoms with Crippen LogP contribution in [0.4, 0.5) is 0 Å². The third-order valence-corrected chi connectivity index (χ3v) is 1.86. The fourth-order valence-electron chi connectivity index (χ4n) is 1.03. The molecule has 1 aromatic heterocycles. The van der Waals surface area contributed by atoms with Crippen molar-refractivity contribution in [3.05, 3.63) is 24.0 Å². The van der Waals surface area contributed by atoms with Crippen molar-refractivity contribution in [2.75, 3.05) is 6.61 Å². The van der Waals surface area contributed by atoms with Gasteiger partial charge in [-0.1, -0.05) is 0 Å². The maximum atomic E-state index is 10.8. The fourth-order valence-corrected chi connectivity index (χ4v) is 1.03. The molecule has 1 rings (SSSR count). The Morgan fingerprint density at radius 2 is 2.40 bits per heavy atom. The van der Waals surface area contributed by atoms with E-state index >= 15 is 0 Å². The lowest BCUT2D eigenvalue weighted by atomic mass is 10.3. The molecule has 0 saturated heterocycles. The van der Waals surface area contributed by atoms with Gasteiger partial charge in [0, 0.05) is 12.1 Å². The first-order valence-electron chi connectivity index (χ1n) is 4.77. The van der Waals surface area contributed by atoms with E-state index in [1.807, 2.05) is 19.1 Å². The second-order valence-corrected chi connectivity index (χ2v) is 3.15. The smallest absolute Gasteiger partial charge is 0.234 e. The average molecular weight is 209 g/mol. The van der Waals surface area contributed by atoms with Crippen LogP contribution in [0, 0.1) is 6.92 Å². The van der Waals surface area contributed by atoms with Gasteiger partial charge in [-0.2, -0.15) is 0 Å². The second kappa shape index (κ2) is 5.98. The highest BCUT2D eigenvalue weighted by atomic mass is 16.5. The number of aromatic nitrogens is 1. The van der Waals surface area contributed by atoms with Crippen molar-refractivity contribution < 1.29 is 9.53 Å². The quantitative estimate of drug-likeness (QED) is 0.321. The van der Waals surface area contributed by atoms with E-state index in [2.05, 4.69) is 10.4 Å². The van der Waals surface area contributed by atoms with Gasteiger partial charge in [-0.25, -0.2) is 5.84 Å². The van der Waals surface area contributed by atoms with Gasteiger partial charge in [0.05, 0.1) is 12.8 Å². The molecule has 0 saturated carbocycles. The molecule has 1 aromatic rings. The molecular formula is C10H15N3O2. The van der Waals surface area contributed by atoms with Gasteiger partial charge < -0.3 is 4.74 Å². The lowest BCUT2D eigenvalue weighted by Gasteiger charge is -2.05. The van der Waals surface area contributed by atoms with Crippen LogP contribution in [-0.2, 0) is 4.79 Å². The minimum atomic E-state index is -0.180. The Balaban J connectivity index is 2.20. The second-order valence-electron chi connectivity index (χ2n) is 3.15. The van der Waals surface area contributed by atoms with Crippen LogP contribution in [-0.4, -0.2) is 17.5 Å². The first-order chi connectivity index (χ1) is 7.22. The molecule has 82 valence electrons. The number of ether oxygens (including phenoxy) is 1. The van der Waals surface area contributed by atoms with Gasteiger partial charge in [-0.05, 0) is 25.5 Å². The number of rotatable bonds is 5. The van der Waals surface area contributed by atoms with Crippen molar-refractivity contribution in [1.82, 2.24) is 10.4 Å². The van der Waals surface area contributed by atoms with Gasteiger partial charge in [0.1, 0.15) is 5.75 Å². The molecule has 1 heterocycles. The number of amides is 1. The van der Waals surface area contributed by atoms with Crippen molar-refractivity contribution in [2.24, 2.45) is 5.84 Å². The highest BCUT2D eigenvalue weighted by Gasteiger charge is 1.98. The summed E-state index contributed by atoms with van der Waals surface area (Å²) in [5.74, 6) is 5.47. The number of hydrogen-bond donors (Lipinski definition) is 2. The van der Waals surface area contributed by atoms with Crippen LogP contribution >= 0.6 is 0 Å². The van der Waals surface area contributed by atoms with E-state index in [0.29, 0.717) is 25.2 Å². The normalized spacial score (nSPS) is 9.73. The van der Waals surface area contributed by atoms with E-state index in [-0.39, 0.29) is 5.91 Å². The minimum absolute atomic E-state index is 0.180. The topological polar surface area (TPSA) is 77.2 Å². The SMILES string of the molecule is Cc1ccc(OCCCC(=O)NN)cn1. The summed E-state index contributed by atoms with van der Waals surface area (Å²) in [5, 5.41) is 0. The van der Waals surface area contributed by atoms with Crippen LogP contribution in [0.1, 0.15) is 18.5 Å². The molecule has 0 radical (unpaired) electrons. The highest BCUT2D eigenvalue weighted by molar-refractivity contribution is 5.75. The molecule has 0 aliphatic heterocycles. The van der Waals surface area contributed by atoms with Crippen molar-refractivity contribution in [3.8, 4) is 5.75 Å². The maximum Gasteiger partial charge on any atom is 0.234 e. The molecule has 0 atom stereocenters. The third kappa shape index (κ3) is 4.42. The third-order valence-electron chi connectivity index (χ3n) is 1.86. The number of carbonyl (C=O) groups is 1. The number of carbonyl (C=O) groups excluding carboxylic acids is 1. The van der Waals surface area contributed by atoms with E-state index in [0.717, 1.165) is 5.69 Å². The lowest BCUT2D eigenvalue weighted by molar-refractivity contribution is -0.121. The molecule has 3 N–H and O–H groups in total. The Bertz CT molecular complexity index is 311. The van der Waals surface area contributed by atoms with Crippen LogP contribution in [0.5, 0.6) is 5.75 Å². The van der Waals surface area contributed by atoms with Gasteiger partial charge >= 0.3 is 0 Å². The van der Waals surface area contributed by atoms with Crippen LogP contribution < -0.4 is 16.0 Å². The Morgan fingerprint density at radius 1 is 1.60 bits per heavy atom. The number of nitrogens with zero attached hydrogens (tertiary/aromatic N) is 1. The van der Waals surface area contributed by atoms with Crippen LogP contribution in [0.2, 0.25) is 0 Å². The first-order valence-corrected chi connectivity index (χ1v) is 4.77. The summed E-state index contributed by atoms with van der Waals surface area (Å²) in [4.78, 5) is 14.8. The predicted octanol–water partition coefficient (Wildman–Crippen LogP) is 0.539. The number of hydrogen-bond acceptors (Lipinski definition) is 4. The Labute approximate surface area is 88.6 Å². The van der Waals surface area contributed by atoms with Crippen LogP contribution in [0.15, 0.2) is 18.3 Å². The van der Waals surface area contributed by atoms with Gasteiger partial charge in [-0.15, -0.1) is 0 Å². The number of nitrogens with two attached hydrogens (primary N) is 1. The van der Waals surface area contributed by atoms with E-state index in [1.54, 1.807) is 6.20 Å². The zero-order valence-electron chi connectivity index (χ0n) is 8.69. The summed E-state index contributed by atoms with van der Waals surface area (Å²) in [6.07, 6.45) is 2.67. The largest absolute Gasteiger partial charge is 0.492 e. The van der Waals surface area contributed by atoms with Gasteiger partial charge in [0.2, 0.25) is 5.91 Å². The number of nitrogens with one attached hydrogen (secondary N) is 1. The van der Waals surface area contributed by atoms with Crippen molar-refractivity contribution in [2.45, 2.75) is 19.8 Å². The fraction of sp³-hybridized carbons (Fsp3) is 0.400. The zero-order valence-corrected chi connectivity index (χ0v) is 8.69. The Morgan fingerprint density at radius 3 is 3.00 bits per heavy atom. The van der Waals surface area contributed by atoms with Gasteiger partial charge in [0.15, 0.2) is 0 Å². The summed E-state index contributed by atoms with van der Waals surface area (Å²) in [6.45, 7) is 2.40. The molecule has 0 unspecified atom stereocenters. The molecule has 15 heavy (non-hydrogen) atoms. The van der Waals surface area contributed by atoms with Crippen molar-refractivity contribution >= 4 is 5.91 Å². The zero-order chi connectivity index (χ0) is 11.1. The van der Waals surface area contributed by atoms with Crippen molar-refractivity contribution in [3.63, 3.8) is 0 Å². The molecular weight excluding hydrogens is 194 g/mol. The Hall–Kier alpha value is -1.62. The van der Waals surface area contributed by atoms with E-state index in [9.17, 15) is 4.79 Å². The first kappa shape index (κ1) is 11.5. The average Bonchev–Trinajstić information content (AvgIpc) is 2.26. The summed E-state index contributed by atoms with van der Waals surface area (Å²) < 4.78 is 5.37. The lowest BCUT2D eigenvalue weighted by Crippen LogP contribution is -2.29. The van der Waals surface area contributed by atoms with Gasteiger partial charge in [0.25, 0.3) is 0 Å². The molecule has 0 aliphatic carbocycles. The summed E-state index contributed by atoms with van der Waals surface area (Å²) in [7, 11) is 0. The molecule has 5 heteroatoms. The summed E-state index contributed by atoms with van der Waals surface area (Å²) in [5.41, 5.74) is 3.01. The number of pyridine rings is 1. The van der Waals surface area contributed by atoms with Crippen LogP contribution in [0.25, 0.3) is 0 Å². The van der Waals surface area contributed by atoms with Gasteiger partial charge in [-0.3, -0.25) is 15.2 Å². The monoisotopic (exact) mass is 209 g/mol. The van der Waals surface area contributed by atoms with Crippen LogP contribution in [0.3, 0.4) is 0 Å². The van der Waals surface area contributed by atoms with E-state index in [1.165, 1.54) is 0 Å². The molecule has 0 aromatic carbocycles.